The summed E-state index contributed by atoms with van der Waals surface area (Å²) in [4.78, 5) is 41.8. The molecule has 0 atom stereocenters. The second-order valence-electron chi connectivity index (χ2n) is 24.4. The van der Waals surface area contributed by atoms with Crippen molar-refractivity contribution in [3.8, 4) is 0 Å². The van der Waals surface area contributed by atoms with E-state index in [2.05, 4.69) is 31.1 Å². The molecule has 2 aliphatic heterocycles. The number of sulfonamides is 1. The zero-order chi connectivity index (χ0) is 74.4. The number of unbranched alkanes of at least 4 members (excludes halogenated alkanes) is 2. The number of benzene rings is 5. The third kappa shape index (κ3) is 18.0. The molecule has 2 aliphatic rings. The fourth-order valence-electron chi connectivity index (χ4n) is 12.1. The number of carbonyl (C=O) groups excluding carboxylic acids is 3. The number of hydrogen-bond acceptors (Lipinski definition) is 22. The number of aromatic nitrogens is 3. The summed E-state index contributed by atoms with van der Waals surface area (Å²) < 4.78 is 236. The Morgan fingerprint density at radius 1 is 0.614 bits per heavy atom. The molecule has 101 heavy (non-hydrogen) atoms. The van der Waals surface area contributed by atoms with Gasteiger partial charge in [0.1, 0.15) is 16.3 Å². The number of nitrogens with one attached hydrogen (secondary N) is 3. The molecule has 7 aromatic rings. The number of nitrogens with two attached hydrogens (primary N) is 1. The van der Waals surface area contributed by atoms with Gasteiger partial charge in [-0.15, -0.1) is 10.2 Å². The Morgan fingerprint density at radius 3 is 1.75 bits per heavy atom. The van der Waals surface area contributed by atoms with Crippen LogP contribution in [-0.4, -0.2) is 161 Å². The van der Waals surface area contributed by atoms with Crippen molar-refractivity contribution in [1.82, 2.24) is 25.8 Å². The van der Waals surface area contributed by atoms with Gasteiger partial charge in [-0.2, -0.15) is 55.1 Å². The second-order valence-corrected chi connectivity index (χ2v) is 35.9. The van der Waals surface area contributed by atoms with Crippen molar-refractivity contribution in [1.29, 1.82) is 0 Å². The number of amides is 3. The van der Waals surface area contributed by atoms with Gasteiger partial charge in [-0.25, -0.2) is 13.6 Å². The fraction of sp³-hybridized carbons (Fsp3) is 0.295. The van der Waals surface area contributed by atoms with Crippen LogP contribution in [0.1, 0.15) is 109 Å². The molecule has 0 bridgehead atoms. The molecule has 0 fully saturated rings. The highest BCUT2D eigenvalue weighted by Crippen LogP contribution is 2.52. The third-order valence-electron chi connectivity index (χ3n) is 16.6. The summed E-state index contributed by atoms with van der Waals surface area (Å²) in [7, 11) is -33.9. The summed E-state index contributed by atoms with van der Waals surface area (Å²) in [5, 5.41) is 19.6. The van der Waals surface area contributed by atoms with Gasteiger partial charge in [0.15, 0.2) is 5.71 Å². The van der Waals surface area contributed by atoms with Gasteiger partial charge < -0.3 is 15.5 Å². The Morgan fingerprint density at radius 2 is 1.20 bits per heavy atom. The average Bonchev–Trinajstić information content (AvgIpc) is 1.64. The minimum Gasteiger partial charge on any atom is -0.352 e. The van der Waals surface area contributed by atoms with Gasteiger partial charge in [0.2, 0.25) is 21.1 Å². The van der Waals surface area contributed by atoms with Gasteiger partial charge >= 0.3 is 0 Å². The molecule has 32 nitrogen and oxygen atoms in total. The number of rotatable bonds is 28. The lowest BCUT2D eigenvalue weighted by Gasteiger charge is -2.27. The predicted octanol–water partition coefficient (Wildman–Crippen LogP) is 5.99. The van der Waals surface area contributed by atoms with E-state index in [4.69, 9.17) is 5.14 Å². The number of allylic oxidation sites excluding steroid dienone is 6. The first-order chi connectivity index (χ1) is 46.7. The van der Waals surface area contributed by atoms with Crippen LogP contribution in [0.3, 0.4) is 0 Å². The number of pyridine rings is 1. The first kappa shape index (κ1) is 77.0. The molecule has 0 saturated carbocycles. The van der Waals surface area contributed by atoms with Crippen molar-refractivity contribution in [3.63, 3.8) is 0 Å². The maximum atomic E-state index is 13.7. The van der Waals surface area contributed by atoms with E-state index >= 15 is 0 Å². The van der Waals surface area contributed by atoms with Crippen molar-refractivity contribution < 1.29 is 105 Å². The summed E-state index contributed by atoms with van der Waals surface area (Å²) in [6.45, 7) is 6.61. The lowest BCUT2D eigenvalue weighted by molar-refractivity contribution is -0.437. The van der Waals surface area contributed by atoms with E-state index in [0.29, 0.717) is 59.7 Å². The molecule has 540 valence electrons. The minimum atomic E-state index is -5.19. The summed E-state index contributed by atoms with van der Waals surface area (Å²) in [5.41, 5.74) is 0.300. The molecule has 40 heteroatoms. The van der Waals surface area contributed by atoms with Gasteiger partial charge in [-0.05, 0) is 128 Å². The van der Waals surface area contributed by atoms with Crippen LogP contribution < -0.4 is 26.0 Å². The monoisotopic (exact) mass is 1550 g/mol. The largest absolute Gasteiger partial charge is 0.352 e. The zero-order valence-electron chi connectivity index (χ0n) is 53.7. The molecule has 3 amide bonds. The van der Waals surface area contributed by atoms with E-state index in [0.717, 1.165) is 12.1 Å². The van der Waals surface area contributed by atoms with Crippen LogP contribution in [0.5, 0.6) is 0 Å². The number of hydrogen-bond donors (Lipinski definition) is 10. The predicted molar refractivity (Wildman–Crippen MR) is 370 cm³/mol. The SMILES string of the molecule is CC1(C)C(=CC=C(C=CC2=[N+](CCCS(=O)(=O)O)c3ccc4c(S(=O)(=O)O)cc(S(=O)(=O)O)cc4c3C2(C)C)c2ccc(C(=O)NCCCCCC(=O)NCc3ccc(C(=O)Nc4nnc(S(N)(=O)=O)s4)cc3)cn2)N(CCCS(=O)(=O)O)c2ccc3c(S(=O)(=O)O)cc(S(=O)(=O)O)cc3c21. The van der Waals surface area contributed by atoms with Gasteiger partial charge in [0, 0.05) is 95.1 Å². The van der Waals surface area contributed by atoms with Gasteiger partial charge in [0.05, 0.1) is 38.0 Å². The van der Waals surface area contributed by atoms with Crippen molar-refractivity contribution in [2.24, 2.45) is 5.14 Å². The van der Waals surface area contributed by atoms with Crippen LogP contribution in [0.15, 0.2) is 145 Å². The first-order valence-corrected chi connectivity index (χ1v) is 41.4. The fourth-order valence-corrected chi connectivity index (χ4v) is 17.1. The zero-order valence-corrected chi connectivity index (χ0v) is 60.2. The van der Waals surface area contributed by atoms with Gasteiger partial charge in [-0.1, -0.05) is 55.9 Å². The summed E-state index contributed by atoms with van der Waals surface area (Å²) in [6.07, 6.45) is 8.61. The van der Waals surface area contributed by atoms with E-state index in [1.165, 1.54) is 54.7 Å². The van der Waals surface area contributed by atoms with Crippen LogP contribution in [0, 0.1) is 0 Å². The summed E-state index contributed by atoms with van der Waals surface area (Å²) in [5.74, 6) is -2.88. The maximum Gasteiger partial charge on any atom is 0.295 e. The summed E-state index contributed by atoms with van der Waals surface area (Å²) >= 11 is 0.581. The van der Waals surface area contributed by atoms with Crippen LogP contribution in [-0.2, 0) is 92.9 Å². The average molecular weight is 1550 g/mol. The van der Waals surface area contributed by atoms with E-state index < -0.39 is 129 Å². The van der Waals surface area contributed by atoms with E-state index in [1.807, 2.05) is 0 Å². The maximum absolute atomic E-state index is 13.7. The molecule has 0 aliphatic carbocycles. The standard InChI is InChI=1S/C61H65N9O23S8/c1-60(2)51(69(26-8-28-95(74,75)76)47-21-18-42-44(54(47)60)30-40(98(82,83)84)32-49(42)100(88,89)90)23-16-37(17-24-52-61(3,4)55-45-31-41(99(85,86)87)33-50(101(91,92)93)43(45)19-22-48(55)70(52)27-9-29-96(77,78)79)46-20-15-39(35-64-46)56(72)63-25-7-5-6-10-53(71)65-34-36-11-13-38(14-12-36)57(73)66-58-67-68-59(94-58)97(62,80)81/h11-24,30-33,35H,5-10,25-29,34H2,1-4H3,(H10-,62,63,65,66,67,71,72,73,74,75,76,77,78,79,80,81,82,83,84,85,86,87,88,89,90,91,92,93)/p+1. The molecule has 4 heterocycles. The van der Waals surface area contributed by atoms with Crippen molar-refractivity contribution in [2.45, 2.75) is 108 Å². The van der Waals surface area contributed by atoms with E-state index in [9.17, 15) is 101 Å². The normalized spacial score (nSPS) is 15.6. The first-order valence-electron chi connectivity index (χ1n) is 30.1. The summed E-state index contributed by atoms with van der Waals surface area (Å²) in [6, 6.07) is 17.8. The highest BCUT2D eigenvalue weighted by atomic mass is 32.3. The lowest BCUT2D eigenvalue weighted by Crippen LogP contribution is -2.28. The highest BCUT2D eigenvalue weighted by Gasteiger charge is 2.47. The van der Waals surface area contributed by atoms with Crippen molar-refractivity contribution >= 4 is 149 Å². The molecule has 0 spiro atoms. The van der Waals surface area contributed by atoms with E-state index in [1.54, 1.807) is 73.6 Å². The molecule has 9 rings (SSSR count). The number of nitrogens with zero attached hydrogens (tertiary/aromatic N) is 5. The van der Waals surface area contributed by atoms with E-state index in [-0.39, 0.29) is 123 Å². The van der Waals surface area contributed by atoms with Crippen molar-refractivity contribution in [2.75, 3.05) is 41.4 Å². The number of anilines is 2. The number of carbonyl (C=O) groups is 3. The van der Waals surface area contributed by atoms with Crippen LogP contribution >= 0.6 is 11.3 Å². The molecular weight excluding hydrogens is 1480 g/mol. The highest BCUT2D eigenvalue weighted by molar-refractivity contribution is 7.91. The molecule has 0 saturated heterocycles. The van der Waals surface area contributed by atoms with Crippen LogP contribution in [0.25, 0.3) is 27.1 Å². The Hall–Kier alpha value is -8.20. The Labute approximate surface area is 584 Å². The number of primary sulfonamides is 1. The third-order valence-corrected chi connectivity index (χ3v) is 23.8. The Bertz CT molecular complexity index is 5550. The molecule has 11 N–H and O–H groups in total. The molecule has 5 aromatic carbocycles. The minimum absolute atomic E-state index is 0.0708. The van der Waals surface area contributed by atoms with Crippen LogP contribution in [0.2, 0.25) is 0 Å². The lowest BCUT2D eigenvalue weighted by atomic mass is 9.79. The Balaban J connectivity index is 1.03. The topological polar surface area (TPSA) is 519 Å². The Kier molecular flexibility index (Phi) is 22.0. The van der Waals surface area contributed by atoms with Gasteiger partial charge in [-0.3, -0.25) is 52.0 Å². The van der Waals surface area contributed by atoms with Crippen LogP contribution in [0.4, 0.5) is 16.5 Å². The smallest absolute Gasteiger partial charge is 0.295 e. The second kappa shape index (κ2) is 28.9. The van der Waals surface area contributed by atoms with Crippen molar-refractivity contribution in [3.05, 3.63) is 155 Å². The molecular formula is C61H66N9O23S8+. The molecule has 0 unspecified atom stereocenters. The molecule has 0 radical (unpaired) electrons. The molecule has 2 aromatic heterocycles. The number of fused-ring (bicyclic) bond motifs is 6. The van der Waals surface area contributed by atoms with Gasteiger partial charge in [0.25, 0.3) is 82.5 Å². The quantitative estimate of drug-likeness (QED) is 0.00885.